The smallest absolute Gasteiger partial charge is 0.390 e. The first-order valence-corrected chi connectivity index (χ1v) is 14.9. The maximum absolute atomic E-state index is 15.7. The molecule has 2 aromatic carbocycles. The standard InChI is InChI=1S/C28H27F5N6O3S/c1-16-23(30)25(39-43(40,41)11-7-28(31,32)33)20-4-2-3-5-21(20)26(16)42-27-24(36-9-10-37-27)17-6-8-35-22(12-17)38-19-13-18(29)14-34-15-19/h2-6,8-10,12,18-19,34,39H,7,11,13-15H2,1H3,(H,35,38). The SMILES string of the molecule is Cc1c(F)c(NS(=O)(=O)CCC(F)(F)F)c2ccccc2c1Oc1nccnc1-c1ccnc(NC2CNCC(F)C2)c1. The molecule has 0 saturated carbocycles. The number of hydrogen-bond donors (Lipinski definition) is 3. The minimum atomic E-state index is -4.70. The second-order valence-corrected chi connectivity index (χ2v) is 11.9. The number of piperidine rings is 1. The number of nitrogens with zero attached hydrogens (tertiary/aromatic N) is 3. The van der Waals surface area contributed by atoms with Crippen LogP contribution in [0.4, 0.5) is 33.5 Å². The molecule has 1 saturated heterocycles. The molecule has 5 rings (SSSR count). The van der Waals surface area contributed by atoms with Crippen molar-refractivity contribution < 1.29 is 35.1 Å². The summed E-state index contributed by atoms with van der Waals surface area (Å²) in [6, 6.07) is 9.32. The summed E-state index contributed by atoms with van der Waals surface area (Å²) in [5, 5.41) is 6.58. The van der Waals surface area contributed by atoms with Gasteiger partial charge in [-0.25, -0.2) is 32.2 Å². The molecular weight excluding hydrogens is 595 g/mol. The molecule has 2 unspecified atom stereocenters. The van der Waals surface area contributed by atoms with Crippen molar-refractivity contribution in [3.05, 3.63) is 66.4 Å². The minimum absolute atomic E-state index is 0.00830. The molecule has 2 atom stereocenters. The number of sulfonamides is 1. The monoisotopic (exact) mass is 622 g/mol. The Balaban J connectivity index is 1.48. The van der Waals surface area contributed by atoms with Gasteiger partial charge in [0.05, 0.1) is 17.9 Å². The van der Waals surface area contributed by atoms with Crippen molar-refractivity contribution in [3.8, 4) is 22.9 Å². The maximum atomic E-state index is 15.7. The second kappa shape index (κ2) is 12.2. The van der Waals surface area contributed by atoms with Crippen molar-refractivity contribution in [3.63, 3.8) is 0 Å². The lowest BCUT2D eigenvalue weighted by atomic mass is 10.0. The van der Waals surface area contributed by atoms with E-state index in [1.165, 1.54) is 31.5 Å². The number of anilines is 2. The van der Waals surface area contributed by atoms with Gasteiger partial charge in [-0.1, -0.05) is 24.3 Å². The zero-order chi connectivity index (χ0) is 30.8. The largest absolute Gasteiger partial charge is 0.436 e. The van der Waals surface area contributed by atoms with Crippen molar-refractivity contribution in [2.45, 2.75) is 38.2 Å². The van der Waals surface area contributed by atoms with Crippen LogP contribution in [0.2, 0.25) is 0 Å². The summed E-state index contributed by atoms with van der Waals surface area (Å²) in [5.74, 6) is -1.78. The Morgan fingerprint density at radius 3 is 2.53 bits per heavy atom. The van der Waals surface area contributed by atoms with Gasteiger partial charge in [-0.2, -0.15) is 13.2 Å². The van der Waals surface area contributed by atoms with E-state index in [9.17, 15) is 26.0 Å². The van der Waals surface area contributed by atoms with Crippen LogP contribution in [0.25, 0.3) is 22.0 Å². The van der Waals surface area contributed by atoms with E-state index in [0.717, 1.165) is 0 Å². The Hall–Kier alpha value is -4.11. The molecule has 0 radical (unpaired) electrons. The quantitative estimate of drug-likeness (QED) is 0.203. The van der Waals surface area contributed by atoms with Gasteiger partial charge in [-0.15, -0.1) is 0 Å². The fraction of sp³-hybridized carbons (Fsp3) is 0.321. The number of ether oxygens (including phenoxy) is 1. The molecule has 3 heterocycles. The number of hydrogen-bond acceptors (Lipinski definition) is 8. The lowest BCUT2D eigenvalue weighted by molar-refractivity contribution is -0.129. The molecule has 1 fully saturated rings. The number of benzene rings is 2. The molecule has 9 nitrogen and oxygen atoms in total. The third kappa shape index (κ3) is 7.28. The number of alkyl halides is 4. The van der Waals surface area contributed by atoms with Crippen LogP contribution in [0.1, 0.15) is 18.4 Å². The molecule has 2 aromatic heterocycles. The van der Waals surface area contributed by atoms with Crippen molar-refractivity contribution in [1.29, 1.82) is 0 Å². The van der Waals surface area contributed by atoms with E-state index in [-0.39, 0.29) is 34.0 Å². The summed E-state index contributed by atoms with van der Waals surface area (Å²) in [6.45, 7) is 2.22. The summed E-state index contributed by atoms with van der Waals surface area (Å²) in [7, 11) is -4.54. The first kappa shape index (κ1) is 30.4. The average molecular weight is 623 g/mol. The normalized spacial score (nSPS) is 17.5. The topological polar surface area (TPSA) is 118 Å². The van der Waals surface area contributed by atoms with Gasteiger partial charge in [0.25, 0.3) is 0 Å². The van der Waals surface area contributed by atoms with Crippen LogP contribution in [-0.2, 0) is 10.0 Å². The summed E-state index contributed by atoms with van der Waals surface area (Å²) in [6.07, 6.45) is -2.58. The summed E-state index contributed by atoms with van der Waals surface area (Å²) in [4.78, 5) is 13.0. The highest BCUT2D eigenvalue weighted by Crippen LogP contribution is 2.42. The zero-order valence-corrected chi connectivity index (χ0v) is 23.6. The number of pyridine rings is 1. The van der Waals surface area contributed by atoms with Crippen LogP contribution >= 0.6 is 0 Å². The molecule has 0 amide bonds. The Morgan fingerprint density at radius 1 is 1.05 bits per heavy atom. The van der Waals surface area contributed by atoms with Crippen LogP contribution in [0.5, 0.6) is 11.6 Å². The third-order valence-electron chi connectivity index (χ3n) is 6.79. The zero-order valence-electron chi connectivity index (χ0n) is 22.8. The molecule has 0 spiro atoms. The Bertz CT molecular complexity index is 1740. The van der Waals surface area contributed by atoms with Gasteiger partial charge in [-0.05, 0) is 19.1 Å². The molecule has 3 N–H and O–H groups in total. The van der Waals surface area contributed by atoms with Crippen LogP contribution in [0, 0.1) is 12.7 Å². The maximum Gasteiger partial charge on any atom is 0.390 e. The predicted octanol–water partition coefficient (Wildman–Crippen LogP) is 5.74. The van der Waals surface area contributed by atoms with Gasteiger partial charge >= 0.3 is 6.18 Å². The first-order valence-electron chi connectivity index (χ1n) is 13.2. The molecule has 0 aliphatic carbocycles. The number of aromatic nitrogens is 3. The van der Waals surface area contributed by atoms with Crippen LogP contribution in [0.15, 0.2) is 55.0 Å². The number of rotatable bonds is 9. The summed E-state index contributed by atoms with van der Waals surface area (Å²) < 4.78 is 101. The molecule has 0 bridgehead atoms. The van der Waals surface area contributed by atoms with Crippen molar-refractivity contribution in [2.24, 2.45) is 0 Å². The lowest BCUT2D eigenvalue weighted by Crippen LogP contribution is -2.44. The van der Waals surface area contributed by atoms with Gasteiger partial charge in [0.1, 0.15) is 23.4 Å². The van der Waals surface area contributed by atoms with Gasteiger partial charge < -0.3 is 15.4 Å². The van der Waals surface area contributed by atoms with Gasteiger partial charge in [0.2, 0.25) is 15.9 Å². The predicted molar refractivity (Wildman–Crippen MR) is 152 cm³/mol. The molecule has 1 aliphatic heterocycles. The fourth-order valence-corrected chi connectivity index (χ4v) is 5.87. The Morgan fingerprint density at radius 2 is 1.79 bits per heavy atom. The van der Waals surface area contributed by atoms with E-state index >= 15 is 4.39 Å². The van der Waals surface area contributed by atoms with E-state index in [1.807, 2.05) is 4.72 Å². The van der Waals surface area contributed by atoms with E-state index in [4.69, 9.17) is 4.74 Å². The Kier molecular flexibility index (Phi) is 8.64. The van der Waals surface area contributed by atoms with Crippen molar-refractivity contribution >= 4 is 32.3 Å². The number of nitrogens with one attached hydrogen (secondary N) is 3. The van der Waals surface area contributed by atoms with Gasteiger partial charge in [0.15, 0.2) is 5.82 Å². The second-order valence-electron chi connectivity index (χ2n) is 10.0. The Labute approximate surface area is 244 Å². The highest BCUT2D eigenvalue weighted by Gasteiger charge is 2.31. The molecule has 43 heavy (non-hydrogen) atoms. The first-order chi connectivity index (χ1) is 20.4. The van der Waals surface area contributed by atoms with E-state index in [2.05, 4.69) is 25.6 Å². The lowest BCUT2D eigenvalue weighted by Gasteiger charge is -2.26. The highest BCUT2D eigenvalue weighted by molar-refractivity contribution is 7.92. The highest BCUT2D eigenvalue weighted by atomic mass is 32.2. The van der Waals surface area contributed by atoms with Crippen LogP contribution in [-0.4, -0.2) is 60.6 Å². The van der Waals surface area contributed by atoms with Crippen molar-refractivity contribution in [2.75, 3.05) is 28.9 Å². The fourth-order valence-electron chi connectivity index (χ4n) is 4.75. The van der Waals surface area contributed by atoms with Gasteiger partial charge in [0, 0.05) is 66.0 Å². The number of fused-ring (bicyclic) bond motifs is 1. The summed E-state index contributed by atoms with van der Waals surface area (Å²) >= 11 is 0. The van der Waals surface area contributed by atoms with Crippen molar-refractivity contribution in [1.82, 2.24) is 20.3 Å². The van der Waals surface area contributed by atoms with Crippen LogP contribution in [0.3, 0.4) is 0 Å². The molecule has 1 aliphatic rings. The molecule has 4 aromatic rings. The molecule has 15 heteroatoms. The van der Waals surface area contributed by atoms with E-state index < -0.39 is 46.0 Å². The molecule has 228 valence electrons. The third-order valence-corrected chi connectivity index (χ3v) is 8.04. The summed E-state index contributed by atoms with van der Waals surface area (Å²) in [5.41, 5.74) is 0.252. The van der Waals surface area contributed by atoms with E-state index in [0.29, 0.717) is 36.6 Å². The van der Waals surface area contributed by atoms with E-state index in [1.54, 1.807) is 30.5 Å². The number of halogens is 5. The van der Waals surface area contributed by atoms with Crippen LogP contribution < -0.4 is 20.1 Å². The van der Waals surface area contributed by atoms with Gasteiger partial charge in [-0.3, -0.25) is 4.72 Å². The minimum Gasteiger partial charge on any atom is -0.436 e. The average Bonchev–Trinajstić information content (AvgIpc) is 2.97. The molecular formula is C28H27F5N6O3S.